The molecule has 20 heavy (non-hydrogen) atoms. The lowest BCUT2D eigenvalue weighted by Crippen LogP contribution is -2.37. The topological polar surface area (TPSA) is 41.6 Å². The second kappa shape index (κ2) is 6.61. The molecular formula is C14H12Cl2N2O2. The van der Waals surface area contributed by atoms with Gasteiger partial charge < -0.3 is 4.74 Å². The summed E-state index contributed by atoms with van der Waals surface area (Å²) in [6.45, 7) is 0. The van der Waals surface area contributed by atoms with E-state index >= 15 is 0 Å². The first-order valence-electron chi connectivity index (χ1n) is 5.76. The minimum Gasteiger partial charge on any atom is -0.497 e. The summed E-state index contributed by atoms with van der Waals surface area (Å²) in [5.41, 5.74) is 1.07. The average molecular weight is 311 g/mol. The molecule has 0 spiro atoms. The van der Waals surface area contributed by atoms with Crippen molar-refractivity contribution in [1.82, 2.24) is 4.94 Å². The van der Waals surface area contributed by atoms with Gasteiger partial charge in [0.25, 0.3) is 5.91 Å². The molecule has 1 N–H and O–H groups in total. The Kier molecular flexibility index (Phi) is 4.84. The maximum absolute atomic E-state index is 12.3. The van der Waals surface area contributed by atoms with Crippen LogP contribution in [0.5, 0.6) is 5.75 Å². The van der Waals surface area contributed by atoms with Crippen LogP contribution in [0, 0.1) is 0 Å². The molecule has 0 heterocycles. The number of amides is 1. The molecule has 0 aliphatic heterocycles. The molecule has 0 aliphatic carbocycles. The van der Waals surface area contributed by atoms with Crippen LogP contribution in [-0.2, 0) is 0 Å². The zero-order chi connectivity index (χ0) is 14.5. The molecule has 0 aromatic heterocycles. The van der Waals surface area contributed by atoms with Gasteiger partial charge in [-0.1, -0.05) is 11.6 Å². The summed E-state index contributed by atoms with van der Waals surface area (Å²) in [4.78, 5) is 14.7. The summed E-state index contributed by atoms with van der Waals surface area (Å²) in [7, 11) is 1.57. The lowest BCUT2D eigenvalue weighted by molar-refractivity contribution is 0.0982. The molecule has 1 amide bonds. The third-order valence-electron chi connectivity index (χ3n) is 2.71. The van der Waals surface area contributed by atoms with E-state index in [1.807, 2.05) is 0 Å². The number of halogens is 2. The molecule has 0 unspecified atom stereocenters. The Balaban J connectivity index is 2.26. The van der Waals surface area contributed by atoms with Gasteiger partial charge in [-0.05, 0) is 60.3 Å². The maximum atomic E-state index is 12.3. The second-order valence-electron chi connectivity index (χ2n) is 3.93. The van der Waals surface area contributed by atoms with E-state index in [1.54, 1.807) is 55.6 Å². The number of nitrogens with one attached hydrogen (secondary N) is 1. The molecular weight excluding hydrogens is 299 g/mol. The van der Waals surface area contributed by atoms with E-state index in [0.29, 0.717) is 22.0 Å². The van der Waals surface area contributed by atoms with E-state index < -0.39 is 0 Å². The summed E-state index contributed by atoms with van der Waals surface area (Å²) in [5, 5.41) is 1.79. The monoisotopic (exact) mass is 310 g/mol. The molecule has 104 valence electrons. The number of carbonyl (C=O) groups excluding carboxylic acids is 1. The molecule has 0 saturated carbocycles. The van der Waals surface area contributed by atoms with Gasteiger partial charge in [0.05, 0.1) is 12.8 Å². The normalized spacial score (nSPS) is 10.2. The van der Waals surface area contributed by atoms with Crippen LogP contribution in [0.2, 0.25) is 5.02 Å². The Morgan fingerprint density at radius 1 is 1.10 bits per heavy atom. The van der Waals surface area contributed by atoms with Gasteiger partial charge >= 0.3 is 0 Å². The van der Waals surface area contributed by atoms with E-state index in [1.165, 1.54) is 5.01 Å². The summed E-state index contributed by atoms with van der Waals surface area (Å²) < 4.78 is 5.07. The number of nitrogens with zero attached hydrogens (tertiary/aromatic N) is 1. The van der Waals surface area contributed by atoms with Crippen molar-refractivity contribution in [3.05, 3.63) is 59.1 Å². The number of rotatable bonds is 4. The highest BCUT2D eigenvalue weighted by Crippen LogP contribution is 2.20. The molecule has 6 heteroatoms. The molecule has 4 nitrogen and oxygen atoms in total. The summed E-state index contributed by atoms with van der Waals surface area (Å²) in [6.07, 6.45) is 0. The van der Waals surface area contributed by atoms with Crippen molar-refractivity contribution >= 4 is 35.0 Å². The summed E-state index contributed by atoms with van der Waals surface area (Å²) in [6, 6.07) is 13.5. The second-order valence-corrected chi connectivity index (χ2v) is 4.54. The van der Waals surface area contributed by atoms with Gasteiger partial charge in [0.15, 0.2) is 0 Å². The minimum atomic E-state index is -0.290. The number of hydrazine groups is 1. The third kappa shape index (κ3) is 3.22. The average Bonchev–Trinajstić information content (AvgIpc) is 2.49. The molecule has 0 atom stereocenters. The molecule has 2 aromatic carbocycles. The first kappa shape index (κ1) is 14.7. The maximum Gasteiger partial charge on any atom is 0.273 e. The van der Waals surface area contributed by atoms with Crippen molar-refractivity contribution < 1.29 is 9.53 Å². The van der Waals surface area contributed by atoms with Crippen molar-refractivity contribution in [1.29, 1.82) is 0 Å². The largest absolute Gasteiger partial charge is 0.497 e. The number of hydrogen-bond acceptors (Lipinski definition) is 3. The van der Waals surface area contributed by atoms with E-state index in [4.69, 9.17) is 28.1 Å². The summed E-state index contributed by atoms with van der Waals surface area (Å²) in [5.74, 6) is 0.407. The SMILES string of the molecule is COc1ccc(N(NCl)C(=O)c2ccc(Cl)cc2)cc1. The molecule has 0 bridgehead atoms. The van der Waals surface area contributed by atoms with Crippen LogP contribution < -0.4 is 14.7 Å². The predicted octanol–water partition coefficient (Wildman–Crippen LogP) is 3.65. The van der Waals surface area contributed by atoms with Gasteiger partial charge in [-0.15, -0.1) is 4.94 Å². The van der Waals surface area contributed by atoms with Gasteiger partial charge in [0.1, 0.15) is 5.75 Å². The van der Waals surface area contributed by atoms with E-state index in [-0.39, 0.29) is 5.91 Å². The van der Waals surface area contributed by atoms with Gasteiger partial charge in [0.2, 0.25) is 0 Å². The zero-order valence-electron chi connectivity index (χ0n) is 10.6. The van der Waals surface area contributed by atoms with Crippen LogP contribution in [0.4, 0.5) is 5.69 Å². The lowest BCUT2D eigenvalue weighted by atomic mass is 10.2. The number of benzene rings is 2. The number of methoxy groups -OCH3 is 1. The van der Waals surface area contributed by atoms with Crippen LogP contribution in [0.25, 0.3) is 0 Å². The predicted molar refractivity (Wildman–Crippen MR) is 80.2 cm³/mol. The van der Waals surface area contributed by atoms with Gasteiger partial charge in [-0.25, -0.2) is 5.01 Å². The van der Waals surface area contributed by atoms with Crippen LogP contribution >= 0.6 is 23.4 Å². The zero-order valence-corrected chi connectivity index (χ0v) is 12.2. The fraction of sp³-hybridized carbons (Fsp3) is 0.0714. The third-order valence-corrected chi connectivity index (χ3v) is 3.13. The van der Waals surface area contributed by atoms with Gasteiger partial charge in [-0.3, -0.25) is 4.79 Å². The molecule has 0 saturated heterocycles. The standard InChI is InChI=1S/C14H12Cl2N2O2/c1-20-13-8-6-12(7-9-13)18(17-16)14(19)10-2-4-11(15)5-3-10/h2-9,17H,1H3. The first-order valence-corrected chi connectivity index (χ1v) is 6.51. The molecule has 2 rings (SSSR count). The van der Waals surface area contributed by atoms with E-state index in [2.05, 4.69) is 4.94 Å². The summed E-state index contributed by atoms with van der Waals surface area (Å²) >= 11 is 11.4. The lowest BCUT2D eigenvalue weighted by Gasteiger charge is -2.20. The van der Waals surface area contributed by atoms with Gasteiger partial charge in [0, 0.05) is 10.6 Å². The number of carbonyl (C=O) groups is 1. The quantitative estimate of drug-likeness (QED) is 0.692. The highest BCUT2D eigenvalue weighted by atomic mass is 35.5. The van der Waals surface area contributed by atoms with E-state index in [9.17, 15) is 4.79 Å². The van der Waals surface area contributed by atoms with Gasteiger partial charge in [-0.2, -0.15) is 0 Å². The minimum absolute atomic E-state index is 0.290. The van der Waals surface area contributed by atoms with Crippen molar-refractivity contribution in [3.8, 4) is 5.75 Å². The Labute approximate surface area is 126 Å². The first-order chi connectivity index (χ1) is 9.65. The molecule has 2 aromatic rings. The van der Waals surface area contributed by atoms with Crippen molar-refractivity contribution in [2.24, 2.45) is 0 Å². The number of hydrogen-bond donors (Lipinski definition) is 1. The van der Waals surface area contributed by atoms with Crippen LogP contribution in [0.1, 0.15) is 10.4 Å². The highest BCUT2D eigenvalue weighted by molar-refractivity contribution is 6.30. The van der Waals surface area contributed by atoms with E-state index in [0.717, 1.165) is 0 Å². The van der Waals surface area contributed by atoms with Crippen LogP contribution in [0.3, 0.4) is 0 Å². The Morgan fingerprint density at radius 3 is 2.20 bits per heavy atom. The Bertz CT molecular complexity index is 585. The van der Waals surface area contributed by atoms with Crippen molar-refractivity contribution in [2.45, 2.75) is 0 Å². The molecule has 0 aliphatic rings. The number of anilines is 1. The molecule has 0 radical (unpaired) electrons. The fourth-order valence-electron chi connectivity index (χ4n) is 1.66. The number of ether oxygens (including phenoxy) is 1. The fourth-order valence-corrected chi connectivity index (χ4v) is 1.96. The Morgan fingerprint density at radius 2 is 1.70 bits per heavy atom. The Hall–Kier alpha value is -1.75. The highest BCUT2D eigenvalue weighted by Gasteiger charge is 2.17. The van der Waals surface area contributed by atoms with Crippen LogP contribution in [0.15, 0.2) is 48.5 Å². The molecule has 0 fully saturated rings. The van der Waals surface area contributed by atoms with Crippen LogP contribution in [-0.4, -0.2) is 13.0 Å². The van der Waals surface area contributed by atoms with Crippen molar-refractivity contribution in [2.75, 3.05) is 12.1 Å². The smallest absolute Gasteiger partial charge is 0.273 e. The van der Waals surface area contributed by atoms with Crippen molar-refractivity contribution in [3.63, 3.8) is 0 Å².